The maximum absolute atomic E-state index is 13.5. The van der Waals surface area contributed by atoms with Crippen LogP contribution >= 0.6 is 0 Å². The zero-order valence-electron chi connectivity index (χ0n) is 11.2. The van der Waals surface area contributed by atoms with E-state index in [2.05, 4.69) is 0 Å². The van der Waals surface area contributed by atoms with E-state index in [1.54, 1.807) is 4.90 Å². The lowest BCUT2D eigenvalue weighted by Crippen LogP contribution is -2.51. The van der Waals surface area contributed by atoms with Crippen molar-refractivity contribution in [2.75, 3.05) is 0 Å². The number of carbonyl (C=O) groups excluding carboxylic acids is 1. The quantitative estimate of drug-likeness (QED) is 0.590. The second-order valence-corrected chi connectivity index (χ2v) is 5.97. The van der Waals surface area contributed by atoms with Crippen LogP contribution in [0.4, 0.5) is 13.2 Å². The van der Waals surface area contributed by atoms with Gasteiger partial charge in [0, 0.05) is 12.5 Å². The molecule has 0 aliphatic carbocycles. The van der Waals surface area contributed by atoms with Crippen molar-refractivity contribution in [1.82, 2.24) is 4.90 Å². The number of benzene rings is 1. The van der Waals surface area contributed by atoms with E-state index in [1.165, 1.54) is 0 Å². The third kappa shape index (κ3) is 1.96. The molecule has 112 valence electrons. The van der Waals surface area contributed by atoms with E-state index >= 15 is 0 Å². The molecule has 3 saturated heterocycles. The van der Waals surface area contributed by atoms with Crippen LogP contribution < -0.4 is 0 Å². The zero-order chi connectivity index (χ0) is 14.7. The summed E-state index contributed by atoms with van der Waals surface area (Å²) in [4.78, 5) is 13.9. The number of halogens is 3. The van der Waals surface area contributed by atoms with Crippen molar-refractivity contribution in [3.05, 3.63) is 35.1 Å². The van der Waals surface area contributed by atoms with Gasteiger partial charge in [0.15, 0.2) is 17.5 Å². The lowest BCUT2D eigenvalue weighted by Gasteiger charge is -2.43. The van der Waals surface area contributed by atoms with Crippen molar-refractivity contribution in [3.63, 3.8) is 0 Å². The maximum atomic E-state index is 13.5. The summed E-state index contributed by atoms with van der Waals surface area (Å²) >= 11 is 0. The van der Waals surface area contributed by atoms with Gasteiger partial charge in [-0.15, -0.1) is 0 Å². The van der Waals surface area contributed by atoms with Gasteiger partial charge in [-0.25, -0.2) is 13.2 Å². The molecule has 3 aliphatic rings. The number of epoxide rings is 1. The molecule has 0 radical (unpaired) electrons. The van der Waals surface area contributed by atoms with E-state index < -0.39 is 23.5 Å². The second kappa shape index (κ2) is 4.47. The van der Waals surface area contributed by atoms with Gasteiger partial charge >= 0.3 is 0 Å². The highest BCUT2D eigenvalue weighted by Crippen LogP contribution is 2.49. The Morgan fingerprint density at radius 2 is 1.90 bits per heavy atom. The molecule has 1 amide bonds. The summed E-state index contributed by atoms with van der Waals surface area (Å²) in [5.74, 6) is -3.96. The molecule has 0 spiro atoms. The molecule has 1 aromatic carbocycles. The van der Waals surface area contributed by atoms with Gasteiger partial charge in [-0.2, -0.15) is 0 Å². The molecule has 1 aromatic rings. The van der Waals surface area contributed by atoms with E-state index in [1.807, 2.05) is 0 Å². The molecule has 3 aliphatic heterocycles. The van der Waals surface area contributed by atoms with Crippen LogP contribution in [0, 0.1) is 17.5 Å². The molecule has 6 heteroatoms. The fraction of sp³-hybridized carbons (Fsp3) is 0.533. The molecule has 0 aromatic heterocycles. The molecule has 3 fully saturated rings. The third-order valence-corrected chi connectivity index (χ3v) is 4.69. The first-order chi connectivity index (χ1) is 10.1. The van der Waals surface area contributed by atoms with Crippen molar-refractivity contribution < 1.29 is 22.7 Å². The first-order valence-corrected chi connectivity index (χ1v) is 7.17. The van der Waals surface area contributed by atoms with E-state index in [9.17, 15) is 18.0 Å². The van der Waals surface area contributed by atoms with E-state index in [4.69, 9.17) is 4.74 Å². The summed E-state index contributed by atoms with van der Waals surface area (Å²) in [7, 11) is 0. The van der Waals surface area contributed by atoms with Gasteiger partial charge in [-0.05, 0) is 37.0 Å². The normalized spacial score (nSPS) is 34.4. The summed E-state index contributed by atoms with van der Waals surface area (Å²) in [6.45, 7) is 0. The lowest BCUT2D eigenvalue weighted by molar-refractivity contribution is -0.141. The number of nitrogens with zero attached hydrogens (tertiary/aromatic N) is 1. The molecule has 4 rings (SSSR count). The molecule has 0 bridgehead atoms. The Balaban J connectivity index is 1.76. The SMILES string of the molecule is O=C1CCCC2CC3OC3C(c3cc(F)c(F)c(F)c3)N12. The number of piperidine rings is 2. The Bertz CT molecular complexity index is 598. The number of amides is 1. The molecule has 3 heterocycles. The Labute approximate surface area is 119 Å². The predicted molar refractivity (Wildman–Crippen MR) is 66.8 cm³/mol. The first kappa shape index (κ1) is 13.1. The average Bonchev–Trinajstić information content (AvgIpc) is 3.21. The smallest absolute Gasteiger partial charge is 0.223 e. The predicted octanol–water partition coefficient (Wildman–Crippen LogP) is 2.70. The van der Waals surface area contributed by atoms with Crippen LogP contribution in [-0.2, 0) is 9.53 Å². The minimum atomic E-state index is -1.48. The Kier molecular flexibility index (Phi) is 2.79. The number of fused-ring (bicyclic) bond motifs is 2. The number of hydrogen-bond acceptors (Lipinski definition) is 2. The highest BCUT2D eigenvalue weighted by molar-refractivity contribution is 5.78. The van der Waals surface area contributed by atoms with Crippen LogP contribution in [0.3, 0.4) is 0 Å². The highest BCUT2D eigenvalue weighted by Gasteiger charge is 2.56. The van der Waals surface area contributed by atoms with Crippen molar-refractivity contribution in [2.24, 2.45) is 0 Å². The molecule has 4 atom stereocenters. The van der Waals surface area contributed by atoms with Crippen LogP contribution in [0.1, 0.15) is 37.3 Å². The van der Waals surface area contributed by atoms with Crippen molar-refractivity contribution in [3.8, 4) is 0 Å². The summed E-state index contributed by atoms with van der Waals surface area (Å²) < 4.78 is 45.7. The lowest BCUT2D eigenvalue weighted by atomic mass is 9.85. The Morgan fingerprint density at radius 3 is 2.62 bits per heavy atom. The monoisotopic (exact) mass is 297 g/mol. The zero-order valence-corrected chi connectivity index (χ0v) is 11.2. The van der Waals surface area contributed by atoms with E-state index in [0.29, 0.717) is 6.42 Å². The van der Waals surface area contributed by atoms with Crippen LogP contribution in [0.5, 0.6) is 0 Å². The topological polar surface area (TPSA) is 32.8 Å². The molecular weight excluding hydrogens is 283 g/mol. The van der Waals surface area contributed by atoms with Crippen LogP contribution in [0.2, 0.25) is 0 Å². The molecular formula is C15H14F3NO2. The average molecular weight is 297 g/mol. The fourth-order valence-corrected chi connectivity index (χ4v) is 3.72. The third-order valence-electron chi connectivity index (χ3n) is 4.69. The number of rotatable bonds is 1. The van der Waals surface area contributed by atoms with Gasteiger partial charge in [0.1, 0.15) is 6.10 Å². The number of carbonyl (C=O) groups is 1. The van der Waals surface area contributed by atoms with Crippen LogP contribution in [0.25, 0.3) is 0 Å². The summed E-state index contributed by atoms with van der Waals surface area (Å²) in [5.41, 5.74) is 0.277. The fourth-order valence-electron chi connectivity index (χ4n) is 3.72. The van der Waals surface area contributed by atoms with Crippen molar-refractivity contribution in [2.45, 2.75) is 50.0 Å². The highest BCUT2D eigenvalue weighted by atomic mass is 19.2. The van der Waals surface area contributed by atoms with Gasteiger partial charge in [0.25, 0.3) is 0 Å². The van der Waals surface area contributed by atoms with Gasteiger partial charge < -0.3 is 9.64 Å². The Hall–Kier alpha value is -1.56. The van der Waals surface area contributed by atoms with Crippen LogP contribution in [0.15, 0.2) is 12.1 Å². The molecule has 4 unspecified atom stereocenters. The van der Waals surface area contributed by atoms with Gasteiger partial charge in [0.2, 0.25) is 5.91 Å². The summed E-state index contributed by atoms with van der Waals surface area (Å²) in [6.07, 6.45) is 2.73. The van der Waals surface area contributed by atoms with Gasteiger partial charge in [0.05, 0.1) is 12.1 Å². The molecule has 0 N–H and O–H groups in total. The molecule has 3 nitrogen and oxygen atoms in total. The van der Waals surface area contributed by atoms with E-state index in [-0.39, 0.29) is 29.7 Å². The number of ether oxygens (including phenoxy) is 1. The standard InChI is InChI=1S/C15H14F3NO2/c16-9-4-7(5-10(17)13(9)18)14-15-11(21-15)6-8-2-1-3-12(20)19(8)14/h4-5,8,11,14-15H,1-3,6H2. The van der Waals surface area contributed by atoms with Crippen molar-refractivity contribution in [1.29, 1.82) is 0 Å². The van der Waals surface area contributed by atoms with Crippen molar-refractivity contribution >= 4 is 5.91 Å². The summed E-state index contributed by atoms with van der Waals surface area (Å²) in [6, 6.07) is 1.50. The van der Waals surface area contributed by atoms with Gasteiger partial charge in [-0.1, -0.05) is 0 Å². The Morgan fingerprint density at radius 1 is 1.19 bits per heavy atom. The molecule has 0 saturated carbocycles. The summed E-state index contributed by atoms with van der Waals surface area (Å²) in [5, 5.41) is 0. The van der Waals surface area contributed by atoms with Gasteiger partial charge in [-0.3, -0.25) is 4.79 Å². The maximum Gasteiger partial charge on any atom is 0.223 e. The first-order valence-electron chi connectivity index (χ1n) is 7.17. The second-order valence-electron chi connectivity index (χ2n) is 5.97. The number of hydrogen-bond donors (Lipinski definition) is 0. The van der Waals surface area contributed by atoms with E-state index in [0.717, 1.165) is 31.4 Å². The largest absolute Gasteiger partial charge is 0.367 e. The molecule has 21 heavy (non-hydrogen) atoms. The minimum absolute atomic E-state index is 0.0182. The minimum Gasteiger partial charge on any atom is -0.367 e. The van der Waals surface area contributed by atoms with Crippen LogP contribution in [-0.4, -0.2) is 29.1 Å².